The Hall–Kier alpha value is -2.86. The number of anilines is 1. The van der Waals surface area contributed by atoms with E-state index in [-0.39, 0.29) is 5.91 Å². The van der Waals surface area contributed by atoms with Crippen LogP contribution in [-0.4, -0.2) is 34.3 Å². The zero-order chi connectivity index (χ0) is 19.1. The van der Waals surface area contributed by atoms with E-state index in [9.17, 15) is 4.79 Å². The molecule has 26 heavy (non-hydrogen) atoms. The minimum atomic E-state index is -0.345. The molecule has 6 nitrogen and oxygen atoms in total. The molecule has 1 amide bonds. The second-order valence-electron chi connectivity index (χ2n) is 5.09. The van der Waals surface area contributed by atoms with Gasteiger partial charge < -0.3 is 24.3 Å². The molecular weight excluding hydrogens is 358 g/mol. The Morgan fingerprint density at radius 2 is 1.58 bits per heavy atom. The minimum absolute atomic E-state index is 0.345. The first kappa shape index (κ1) is 19.5. The maximum absolute atomic E-state index is 12.2. The van der Waals surface area contributed by atoms with Gasteiger partial charge in [0.05, 0.1) is 34.1 Å². The first-order chi connectivity index (χ1) is 12.5. The highest BCUT2D eigenvalue weighted by Crippen LogP contribution is 2.40. The number of halogens is 1. The predicted molar refractivity (Wildman–Crippen MR) is 102 cm³/mol. The molecular formula is C19H20ClNO5. The number of methoxy groups -OCH3 is 4. The van der Waals surface area contributed by atoms with Gasteiger partial charge in [-0.1, -0.05) is 11.6 Å². The Labute approximate surface area is 157 Å². The summed E-state index contributed by atoms with van der Waals surface area (Å²) < 4.78 is 21.2. The SMILES string of the molecule is COc1ccc(Cl)cc1NC(=O)C=Cc1ccc(OC)c(OC)c1OC. The van der Waals surface area contributed by atoms with Crippen molar-refractivity contribution in [2.45, 2.75) is 0 Å². The third-order valence-corrected chi connectivity index (χ3v) is 3.80. The molecule has 0 bridgehead atoms. The second-order valence-corrected chi connectivity index (χ2v) is 5.53. The van der Waals surface area contributed by atoms with Crippen molar-refractivity contribution in [1.82, 2.24) is 0 Å². The van der Waals surface area contributed by atoms with Crippen LogP contribution < -0.4 is 24.3 Å². The number of rotatable bonds is 7. The molecule has 138 valence electrons. The van der Waals surface area contributed by atoms with E-state index in [1.807, 2.05) is 0 Å². The zero-order valence-electron chi connectivity index (χ0n) is 15.0. The molecule has 2 rings (SSSR count). The number of hydrogen-bond acceptors (Lipinski definition) is 5. The number of hydrogen-bond donors (Lipinski definition) is 1. The van der Waals surface area contributed by atoms with Gasteiger partial charge in [0.1, 0.15) is 5.75 Å². The summed E-state index contributed by atoms with van der Waals surface area (Å²) in [5.74, 6) is 1.63. The number of ether oxygens (including phenoxy) is 4. The van der Waals surface area contributed by atoms with E-state index in [4.69, 9.17) is 30.5 Å². The summed E-state index contributed by atoms with van der Waals surface area (Å²) in [6.07, 6.45) is 3.00. The number of benzene rings is 2. The fourth-order valence-electron chi connectivity index (χ4n) is 2.37. The van der Waals surface area contributed by atoms with E-state index in [1.165, 1.54) is 27.4 Å². The van der Waals surface area contributed by atoms with Crippen LogP contribution in [0.1, 0.15) is 5.56 Å². The van der Waals surface area contributed by atoms with Crippen molar-refractivity contribution < 1.29 is 23.7 Å². The van der Waals surface area contributed by atoms with Crippen LogP contribution in [-0.2, 0) is 4.79 Å². The van der Waals surface area contributed by atoms with E-state index in [0.717, 1.165) is 0 Å². The van der Waals surface area contributed by atoms with Crippen LogP contribution in [0.5, 0.6) is 23.0 Å². The smallest absolute Gasteiger partial charge is 0.248 e. The van der Waals surface area contributed by atoms with Gasteiger partial charge in [0.25, 0.3) is 0 Å². The standard InChI is InChI=1S/C19H20ClNO5/c1-23-15-9-7-13(20)11-14(15)21-17(22)10-6-12-5-8-16(24-2)19(26-4)18(12)25-3/h5-11H,1-4H3,(H,21,22). The monoisotopic (exact) mass is 377 g/mol. The summed E-state index contributed by atoms with van der Waals surface area (Å²) in [5.41, 5.74) is 1.15. The lowest BCUT2D eigenvalue weighted by atomic mass is 10.1. The average Bonchev–Trinajstić information content (AvgIpc) is 2.65. The van der Waals surface area contributed by atoms with Crippen LogP contribution in [0, 0.1) is 0 Å². The molecule has 0 aliphatic carbocycles. The molecule has 0 fully saturated rings. The lowest BCUT2D eigenvalue weighted by Gasteiger charge is -2.14. The molecule has 0 spiro atoms. The zero-order valence-corrected chi connectivity index (χ0v) is 15.7. The molecule has 0 radical (unpaired) electrons. The Balaban J connectivity index is 2.24. The molecule has 0 atom stereocenters. The van der Waals surface area contributed by atoms with Crippen LogP contribution in [0.2, 0.25) is 5.02 Å². The molecule has 0 aliphatic rings. The highest BCUT2D eigenvalue weighted by atomic mass is 35.5. The van der Waals surface area contributed by atoms with Gasteiger partial charge in [0.15, 0.2) is 11.5 Å². The maximum atomic E-state index is 12.2. The highest BCUT2D eigenvalue weighted by Gasteiger charge is 2.14. The van der Waals surface area contributed by atoms with Gasteiger partial charge in [0, 0.05) is 16.7 Å². The Morgan fingerprint density at radius 1 is 0.923 bits per heavy atom. The van der Waals surface area contributed by atoms with E-state index in [2.05, 4.69) is 5.32 Å². The molecule has 0 saturated heterocycles. The Bertz CT molecular complexity index is 820. The van der Waals surface area contributed by atoms with E-state index in [1.54, 1.807) is 43.5 Å². The van der Waals surface area contributed by atoms with Crippen molar-refractivity contribution in [3.63, 3.8) is 0 Å². The second kappa shape index (κ2) is 9.01. The van der Waals surface area contributed by atoms with E-state index >= 15 is 0 Å². The number of carbonyl (C=O) groups excluding carboxylic acids is 1. The summed E-state index contributed by atoms with van der Waals surface area (Å²) in [5, 5.41) is 3.22. The molecule has 0 saturated carbocycles. The van der Waals surface area contributed by atoms with Gasteiger partial charge in [0.2, 0.25) is 11.7 Å². The van der Waals surface area contributed by atoms with Gasteiger partial charge in [-0.05, 0) is 36.4 Å². The van der Waals surface area contributed by atoms with Crippen LogP contribution in [0.3, 0.4) is 0 Å². The third-order valence-electron chi connectivity index (χ3n) is 3.57. The first-order valence-electron chi connectivity index (χ1n) is 7.65. The fraction of sp³-hybridized carbons (Fsp3) is 0.211. The number of carbonyl (C=O) groups is 1. The van der Waals surface area contributed by atoms with Crippen molar-refractivity contribution in [1.29, 1.82) is 0 Å². The molecule has 7 heteroatoms. The lowest BCUT2D eigenvalue weighted by molar-refractivity contribution is -0.111. The van der Waals surface area contributed by atoms with Crippen molar-refractivity contribution in [3.8, 4) is 23.0 Å². The van der Waals surface area contributed by atoms with Crippen LogP contribution in [0.15, 0.2) is 36.4 Å². The summed E-state index contributed by atoms with van der Waals surface area (Å²) in [6, 6.07) is 8.48. The average molecular weight is 378 g/mol. The summed E-state index contributed by atoms with van der Waals surface area (Å²) in [4.78, 5) is 12.2. The van der Waals surface area contributed by atoms with E-state index < -0.39 is 0 Å². The lowest BCUT2D eigenvalue weighted by Crippen LogP contribution is -2.09. The van der Waals surface area contributed by atoms with Crippen LogP contribution >= 0.6 is 11.6 Å². The number of nitrogens with one attached hydrogen (secondary N) is 1. The molecule has 0 heterocycles. The van der Waals surface area contributed by atoms with Crippen molar-refractivity contribution in [2.24, 2.45) is 0 Å². The minimum Gasteiger partial charge on any atom is -0.495 e. The van der Waals surface area contributed by atoms with Gasteiger partial charge in [-0.15, -0.1) is 0 Å². The topological polar surface area (TPSA) is 66.0 Å². The van der Waals surface area contributed by atoms with Gasteiger partial charge in [-0.2, -0.15) is 0 Å². The largest absolute Gasteiger partial charge is 0.495 e. The Morgan fingerprint density at radius 3 is 2.19 bits per heavy atom. The normalized spacial score (nSPS) is 10.5. The van der Waals surface area contributed by atoms with Crippen LogP contribution in [0.25, 0.3) is 6.08 Å². The molecule has 0 aromatic heterocycles. The summed E-state index contributed by atoms with van der Waals surface area (Å²) in [7, 11) is 6.10. The summed E-state index contributed by atoms with van der Waals surface area (Å²) in [6.45, 7) is 0. The van der Waals surface area contributed by atoms with Crippen molar-refractivity contribution >= 4 is 29.3 Å². The van der Waals surface area contributed by atoms with E-state index in [0.29, 0.717) is 39.3 Å². The number of amides is 1. The fourth-order valence-corrected chi connectivity index (χ4v) is 2.55. The molecule has 1 N–H and O–H groups in total. The van der Waals surface area contributed by atoms with Gasteiger partial charge >= 0.3 is 0 Å². The van der Waals surface area contributed by atoms with Crippen molar-refractivity contribution in [2.75, 3.05) is 33.8 Å². The van der Waals surface area contributed by atoms with Gasteiger partial charge in [-0.25, -0.2) is 0 Å². The molecule has 0 unspecified atom stereocenters. The molecule has 0 aliphatic heterocycles. The first-order valence-corrected chi connectivity index (χ1v) is 8.03. The van der Waals surface area contributed by atoms with Crippen molar-refractivity contribution in [3.05, 3.63) is 47.0 Å². The van der Waals surface area contributed by atoms with Crippen LogP contribution in [0.4, 0.5) is 5.69 Å². The highest BCUT2D eigenvalue weighted by molar-refractivity contribution is 6.31. The van der Waals surface area contributed by atoms with Gasteiger partial charge in [-0.3, -0.25) is 4.79 Å². The molecule has 2 aromatic rings. The summed E-state index contributed by atoms with van der Waals surface area (Å²) >= 11 is 5.96. The Kier molecular flexibility index (Phi) is 6.74. The third kappa shape index (κ3) is 4.40. The predicted octanol–water partition coefficient (Wildman–Crippen LogP) is 4.03. The molecule has 2 aromatic carbocycles. The quantitative estimate of drug-likeness (QED) is 0.738. The maximum Gasteiger partial charge on any atom is 0.248 e.